The van der Waals surface area contributed by atoms with E-state index in [-0.39, 0.29) is 0 Å². The summed E-state index contributed by atoms with van der Waals surface area (Å²) in [6.45, 7) is 4.01. The molecule has 1 saturated heterocycles. The lowest BCUT2D eigenvalue weighted by Crippen LogP contribution is -2.44. The Morgan fingerprint density at radius 1 is 0.778 bits per heavy atom. The Labute approximate surface area is 113 Å². The summed E-state index contributed by atoms with van der Waals surface area (Å²) in [5.41, 5.74) is 0. The van der Waals surface area contributed by atoms with Crippen molar-refractivity contribution in [2.24, 2.45) is 5.92 Å². The van der Waals surface area contributed by atoms with Crippen molar-refractivity contribution in [3.05, 3.63) is 0 Å². The predicted molar refractivity (Wildman–Crippen MR) is 76.8 cm³/mol. The highest BCUT2D eigenvalue weighted by Crippen LogP contribution is 2.29. The second kappa shape index (κ2) is 6.38. The topological polar surface area (TPSA) is 15.3 Å². The molecule has 18 heavy (non-hydrogen) atoms. The molecule has 2 nitrogen and oxygen atoms in total. The lowest BCUT2D eigenvalue weighted by atomic mass is 9.98. The third-order valence-electron chi connectivity index (χ3n) is 5.26. The minimum Gasteiger partial charge on any atom is -0.314 e. The molecule has 0 aromatic carbocycles. The molecule has 1 heterocycles. The second-order valence-electron chi connectivity index (χ2n) is 6.81. The van der Waals surface area contributed by atoms with Crippen LogP contribution in [0, 0.1) is 5.92 Å². The Morgan fingerprint density at radius 2 is 1.44 bits per heavy atom. The summed E-state index contributed by atoms with van der Waals surface area (Å²) in [7, 11) is 0. The molecule has 0 radical (unpaired) electrons. The van der Waals surface area contributed by atoms with Gasteiger partial charge in [0.05, 0.1) is 0 Å². The second-order valence-corrected chi connectivity index (χ2v) is 6.81. The zero-order valence-electron chi connectivity index (χ0n) is 11.9. The van der Waals surface area contributed by atoms with E-state index in [4.69, 9.17) is 0 Å². The van der Waals surface area contributed by atoms with Crippen LogP contribution >= 0.6 is 0 Å². The molecule has 2 heteroatoms. The Morgan fingerprint density at radius 3 is 2.06 bits per heavy atom. The summed E-state index contributed by atoms with van der Waals surface area (Å²) in [5, 5.41) is 3.87. The fraction of sp³-hybridized carbons (Fsp3) is 1.00. The minimum absolute atomic E-state index is 0.822. The van der Waals surface area contributed by atoms with Crippen LogP contribution in [0.15, 0.2) is 0 Å². The van der Waals surface area contributed by atoms with Crippen molar-refractivity contribution in [1.29, 1.82) is 0 Å². The van der Waals surface area contributed by atoms with Gasteiger partial charge in [0, 0.05) is 12.1 Å². The number of rotatable bonds is 4. The summed E-state index contributed by atoms with van der Waals surface area (Å²) in [6, 6.07) is 1.80. The Kier molecular flexibility index (Phi) is 4.58. The standard InChI is InChI=1S/C16H30N2/c1-2-4-6-14(5-3-1)13-17-15-9-11-18(12-10-15)16-7-8-16/h14-17H,1-13H2. The normalized spacial score (nSPS) is 29.3. The first-order chi connectivity index (χ1) is 8.92. The quantitative estimate of drug-likeness (QED) is 0.771. The van der Waals surface area contributed by atoms with Crippen molar-refractivity contribution in [2.45, 2.75) is 76.3 Å². The molecule has 2 aliphatic carbocycles. The summed E-state index contributed by atoms with van der Waals surface area (Å²) in [5.74, 6) is 0.981. The van der Waals surface area contributed by atoms with E-state index < -0.39 is 0 Å². The molecule has 3 aliphatic rings. The number of likely N-dealkylation sites (tertiary alicyclic amines) is 1. The van der Waals surface area contributed by atoms with E-state index in [0.29, 0.717) is 0 Å². The summed E-state index contributed by atoms with van der Waals surface area (Å²) < 4.78 is 0. The van der Waals surface area contributed by atoms with Gasteiger partial charge in [-0.2, -0.15) is 0 Å². The first-order valence-corrected chi connectivity index (χ1v) is 8.39. The van der Waals surface area contributed by atoms with E-state index >= 15 is 0 Å². The third-order valence-corrected chi connectivity index (χ3v) is 5.26. The largest absolute Gasteiger partial charge is 0.314 e. The Hall–Kier alpha value is -0.0800. The van der Waals surface area contributed by atoms with Gasteiger partial charge in [-0.1, -0.05) is 25.7 Å². The molecule has 1 aliphatic heterocycles. The van der Waals surface area contributed by atoms with Gasteiger partial charge in [-0.25, -0.2) is 0 Å². The van der Waals surface area contributed by atoms with Gasteiger partial charge in [0.2, 0.25) is 0 Å². The van der Waals surface area contributed by atoms with Crippen molar-refractivity contribution in [3.8, 4) is 0 Å². The van der Waals surface area contributed by atoms with Gasteiger partial charge in [-0.05, 0) is 64.1 Å². The molecular formula is C16H30N2. The first-order valence-electron chi connectivity index (χ1n) is 8.39. The van der Waals surface area contributed by atoms with Crippen LogP contribution in [0.5, 0.6) is 0 Å². The number of piperidine rings is 1. The number of hydrogen-bond donors (Lipinski definition) is 1. The fourth-order valence-electron chi connectivity index (χ4n) is 3.81. The average Bonchev–Trinajstić information content (AvgIpc) is 3.24. The van der Waals surface area contributed by atoms with Crippen LogP contribution in [-0.4, -0.2) is 36.6 Å². The van der Waals surface area contributed by atoms with Crippen LogP contribution in [0.3, 0.4) is 0 Å². The molecule has 0 aromatic rings. The summed E-state index contributed by atoms with van der Waals surface area (Å²) in [6.07, 6.45) is 14.6. The average molecular weight is 250 g/mol. The van der Waals surface area contributed by atoms with Crippen molar-refractivity contribution in [1.82, 2.24) is 10.2 Å². The summed E-state index contributed by atoms with van der Waals surface area (Å²) in [4.78, 5) is 2.73. The maximum Gasteiger partial charge on any atom is 0.00964 e. The Bertz CT molecular complexity index is 233. The maximum absolute atomic E-state index is 3.87. The zero-order chi connectivity index (χ0) is 12.2. The fourth-order valence-corrected chi connectivity index (χ4v) is 3.81. The smallest absolute Gasteiger partial charge is 0.00964 e. The highest BCUT2D eigenvalue weighted by Gasteiger charge is 2.31. The van der Waals surface area contributed by atoms with E-state index in [1.54, 1.807) is 0 Å². The van der Waals surface area contributed by atoms with Crippen molar-refractivity contribution >= 4 is 0 Å². The summed E-state index contributed by atoms with van der Waals surface area (Å²) >= 11 is 0. The SMILES string of the molecule is C1CCCC(CNC2CCN(C3CC3)CC2)CC1. The predicted octanol–water partition coefficient (Wildman–Crippen LogP) is 3.17. The first kappa shape index (κ1) is 12.9. The molecular weight excluding hydrogens is 220 g/mol. The highest BCUT2D eigenvalue weighted by atomic mass is 15.2. The van der Waals surface area contributed by atoms with Crippen molar-refractivity contribution in [3.63, 3.8) is 0 Å². The van der Waals surface area contributed by atoms with Gasteiger partial charge < -0.3 is 10.2 Å². The van der Waals surface area contributed by atoms with Gasteiger partial charge in [0.15, 0.2) is 0 Å². The van der Waals surface area contributed by atoms with E-state index in [9.17, 15) is 0 Å². The molecule has 104 valence electrons. The van der Waals surface area contributed by atoms with E-state index in [0.717, 1.165) is 18.0 Å². The van der Waals surface area contributed by atoms with E-state index in [2.05, 4.69) is 10.2 Å². The van der Waals surface area contributed by atoms with Crippen LogP contribution in [0.25, 0.3) is 0 Å². The van der Waals surface area contributed by atoms with E-state index in [1.807, 2.05) is 0 Å². The van der Waals surface area contributed by atoms with Gasteiger partial charge >= 0.3 is 0 Å². The molecule has 0 atom stereocenters. The monoisotopic (exact) mass is 250 g/mol. The molecule has 0 amide bonds. The molecule has 0 spiro atoms. The molecule has 0 aromatic heterocycles. The number of hydrogen-bond acceptors (Lipinski definition) is 2. The molecule has 0 unspecified atom stereocenters. The van der Waals surface area contributed by atoms with Crippen LogP contribution < -0.4 is 5.32 Å². The van der Waals surface area contributed by atoms with Crippen molar-refractivity contribution < 1.29 is 0 Å². The molecule has 0 bridgehead atoms. The van der Waals surface area contributed by atoms with Gasteiger partial charge in [0.1, 0.15) is 0 Å². The lowest BCUT2D eigenvalue weighted by molar-refractivity contribution is 0.186. The lowest BCUT2D eigenvalue weighted by Gasteiger charge is -2.33. The van der Waals surface area contributed by atoms with Crippen LogP contribution in [0.4, 0.5) is 0 Å². The van der Waals surface area contributed by atoms with Gasteiger partial charge in [0.25, 0.3) is 0 Å². The third kappa shape index (κ3) is 3.71. The van der Waals surface area contributed by atoms with Crippen LogP contribution in [0.1, 0.15) is 64.2 Å². The van der Waals surface area contributed by atoms with Crippen LogP contribution in [-0.2, 0) is 0 Å². The number of nitrogens with zero attached hydrogens (tertiary/aromatic N) is 1. The zero-order valence-corrected chi connectivity index (χ0v) is 11.9. The maximum atomic E-state index is 3.87. The molecule has 1 N–H and O–H groups in total. The van der Waals surface area contributed by atoms with Gasteiger partial charge in [-0.15, -0.1) is 0 Å². The number of nitrogens with one attached hydrogen (secondary N) is 1. The molecule has 2 saturated carbocycles. The van der Waals surface area contributed by atoms with Crippen LogP contribution in [0.2, 0.25) is 0 Å². The molecule has 3 fully saturated rings. The Balaban J connectivity index is 1.33. The molecule has 3 rings (SSSR count). The van der Waals surface area contributed by atoms with E-state index in [1.165, 1.54) is 83.8 Å². The van der Waals surface area contributed by atoms with Crippen molar-refractivity contribution in [2.75, 3.05) is 19.6 Å². The minimum atomic E-state index is 0.822. The highest BCUT2D eigenvalue weighted by molar-refractivity contribution is 4.89. The van der Waals surface area contributed by atoms with Gasteiger partial charge in [-0.3, -0.25) is 0 Å².